The standard InChI is InChI=1S/C14H28N2O6Si/c1-14(2,3)22-13(20)16-10(11(17)18)9-15-12(19)21-7-8-23(4,5)6/h10H,7-9H2,1-6H3,(H,15,19)(H,16,20)(H,17,18). The van der Waals surface area contributed by atoms with Crippen LogP contribution in [0, 0.1) is 0 Å². The molecule has 0 bridgehead atoms. The predicted molar refractivity (Wildman–Crippen MR) is 88.3 cm³/mol. The zero-order valence-corrected chi connectivity index (χ0v) is 15.7. The number of hydrogen-bond acceptors (Lipinski definition) is 5. The summed E-state index contributed by atoms with van der Waals surface area (Å²) in [4.78, 5) is 34.2. The van der Waals surface area contributed by atoms with E-state index in [-0.39, 0.29) is 6.54 Å². The van der Waals surface area contributed by atoms with Gasteiger partial charge >= 0.3 is 18.2 Å². The van der Waals surface area contributed by atoms with Crippen molar-refractivity contribution in [3.8, 4) is 0 Å². The summed E-state index contributed by atoms with van der Waals surface area (Å²) in [6.07, 6.45) is -1.57. The Morgan fingerprint density at radius 1 is 1.13 bits per heavy atom. The van der Waals surface area contributed by atoms with Crippen molar-refractivity contribution in [1.29, 1.82) is 0 Å². The monoisotopic (exact) mass is 348 g/mol. The molecule has 0 aliphatic heterocycles. The third-order valence-corrected chi connectivity index (χ3v) is 4.23. The lowest BCUT2D eigenvalue weighted by Gasteiger charge is -2.22. The average Bonchev–Trinajstić information content (AvgIpc) is 2.30. The number of alkyl carbamates (subject to hydrolysis) is 2. The van der Waals surface area contributed by atoms with Crippen LogP contribution in [0.3, 0.4) is 0 Å². The van der Waals surface area contributed by atoms with Crippen molar-refractivity contribution in [2.24, 2.45) is 0 Å². The summed E-state index contributed by atoms with van der Waals surface area (Å²) in [6, 6.07) is -0.478. The molecule has 0 heterocycles. The fourth-order valence-corrected chi connectivity index (χ4v) is 2.05. The van der Waals surface area contributed by atoms with Crippen molar-refractivity contribution in [3.63, 3.8) is 0 Å². The Morgan fingerprint density at radius 2 is 1.70 bits per heavy atom. The topological polar surface area (TPSA) is 114 Å². The summed E-state index contributed by atoms with van der Waals surface area (Å²) in [5.41, 5.74) is -0.740. The van der Waals surface area contributed by atoms with E-state index in [4.69, 9.17) is 14.6 Å². The van der Waals surface area contributed by atoms with Gasteiger partial charge in [-0.3, -0.25) is 0 Å². The van der Waals surface area contributed by atoms with Gasteiger partial charge in [-0.05, 0) is 26.8 Å². The van der Waals surface area contributed by atoms with Gasteiger partial charge in [-0.1, -0.05) is 19.6 Å². The first-order valence-corrected chi connectivity index (χ1v) is 11.1. The fourth-order valence-electron chi connectivity index (χ4n) is 1.34. The first-order chi connectivity index (χ1) is 10.3. The van der Waals surface area contributed by atoms with E-state index in [2.05, 4.69) is 30.3 Å². The molecule has 9 heteroatoms. The Labute approximate surface area is 137 Å². The van der Waals surface area contributed by atoms with Crippen LogP contribution in [0.25, 0.3) is 0 Å². The first-order valence-electron chi connectivity index (χ1n) is 7.43. The zero-order valence-electron chi connectivity index (χ0n) is 14.7. The predicted octanol–water partition coefficient (Wildman–Crippen LogP) is 2.03. The van der Waals surface area contributed by atoms with Crippen LogP contribution in [-0.2, 0) is 14.3 Å². The molecule has 0 aliphatic carbocycles. The molecular formula is C14H28N2O6Si. The normalized spacial score (nSPS) is 13.0. The highest BCUT2D eigenvalue weighted by atomic mass is 28.3. The van der Waals surface area contributed by atoms with E-state index in [1.54, 1.807) is 20.8 Å². The Balaban J connectivity index is 4.26. The molecule has 2 amide bonds. The highest BCUT2D eigenvalue weighted by Crippen LogP contribution is 2.08. The van der Waals surface area contributed by atoms with Gasteiger partial charge in [-0.2, -0.15) is 0 Å². The number of nitrogens with one attached hydrogen (secondary N) is 2. The van der Waals surface area contributed by atoms with Crippen LogP contribution >= 0.6 is 0 Å². The second-order valence-corrected chi connectivity index (χ2v) is 13.0. The molecular weight excluding hydrogens is 320 g/mol. The van der Waals surface area contributed by atoms with E-state index < -0.39 is 37.9 Å². The molecule has 134 valence electrons. The number of hydrogen-bond donors (Lipinski definition) is 3. The maximum absolute atomic E-state index is 11.6. The van der Waals surface area contributed by atoms with Gasteiger partial charge in [0.05, 0.1) is 13.2 Å². The zero-order chi connectivity index (χ0) is 18.3. The lowest BCUT2D eigenvalue weighted by Crippen LogP contribution is -2.49. The van der Waals surface area contributed by atoms with E-state index in [9.17, 15) is 14.4 Å². The molecule has 1 atom stereocenters. The van der Waals surface area contributed by atoms with Gasteiger partial charge in [-0.25, -0.2) is 14.4 Å². The second-order valence-electron chi connectivity index (χ2n) is 7.36. The van der Waals surface area contributed by atoms with Crippen LogP contribution < -0.4 is 10.6 Å². The summed E-state index contributed by atoms with van der Waals surface area (Å²) in [5, 5.41) is 13.6. The average molecular weight is 348 g/mol. The summed E-state index contributed by atoms with van der Waals surface area (Å²) in [5.74, 6) is -1.28. The van der Waals surface area contributed by atoms with Gasteiger partial charge < -0.3 is 25.2 Å². The maximum Gasteiger partial charge on any atom is 0.408 e. The number of carbonyl (C=O) groups is 3. The van der Waals surface area contributed by atoms with Crippen LogP contribution in [0.1, 0.15) is 20.8 Å². The van der Waals surface area contributed by atoms with Crippen LogP contribution in [-0.4, -0.2) is 56.1 Å². The van der Waals surface area contributed by atoms with E-state index in [1.165, 1.54) is 0 Å². The molecule has 0 fully saturated rings. The van der Waals surface area contributed by atoms with E-state index in [0.29, 0.717) is 6.61 Å². The van der Waals surface area contributed by atoms with Gasteiger partial charge in [0.2, 0.25) is 0 Å². The Kier molecular flexibility index (Phi) is 8.08. The molecule has 0 radical (unpaired) electrons. The van der Waals surface area contributed by atoms with Gasteiger partial charge in [0.15, 0.2) is 0 Å². The van der Waals surface area contributed by atoms with Crippen LogP contribution in [0.2, 0.25) is 25.7 Å². The van der Waals surface area contributed by atoms with Crippen molar-refractivity contribution in [2.75, 3.05) is 13.2 Å². The molecule has 0 saturated carbocycles. The molecule has 0 aliphatic rings. The molecule has 0 aromatic rings. The first kappa shape index (κ1) is 21.2. The van der Waals surface area contributed by atoms with Crippen molar-refractivity contribution in [3.05, 3.63) is 0 Å². The Morgan fingerprint density at radius 3 is 2.13 bits per heavy atom. The smallest absolute Gasteiger partial charge is 0.408 e. The summed E-state index contributed by atoms with van der Waals surface area (Å²) < 4.78 is 9.96. The molecule has 23 heavy (non-hydrogen) atoms. The Bertz CT molecular complexity index is 428. The number of ether oxygens (including phenoxy) is 2. The van der Waals surface area contributed by atoms with Crippen molar-refractivity contribution in [2.45, 2.75) is 58.1 Å². The maximum atomic E-state index is 11.6. The SMILES string of the molecule is CC(C)(C)OC(=O)NC(CNC(=O)OCC[Si](C)(C)C)C(=O)O. The summed E-state index contributed by atoms with van der Waals surface area (Å²) >= 11 is 0. The summed E-state index contributed by atoms with van der Waals surface area (Å²) in [6.45, 7) is 11.4. The number of carboxylic acids is 1. The van der Waals surface area contributed by atoms with Crippen molar-refractivity contribution >= 4 is 26.2 Å². The number of carbonyl (C=O) groups excluding carboxylic acids is 2. The van der Waals surface area contributed by atoms with E-state index in [0.717, 1.165) is 6.04 Å². The number of aliphatic carboxylic acids is 1. The number of amides is 2. The molecule has 0 spiro atoms. The minimum atomic E-state index is -1.30. The quantitative estimate of drug-likeness (QED) is 0.607. The van der Waals surface area contributed by atoms with Crippen LogP contribution in [0.5, 0.6) is 0 Å². The molecule has 0 aromatic carbocycles. The molecule has 3 N–H and O–H groups in total. The van der Waals surface area contributed by atoms with Gasteiger partial charge in [0.25, 0.3) is 0 Å². The third kappa shape index (κ3) is 12.5. The molecule has 0 aromatic heterocycles. The molecule has 8 nitrogen and oxygen atoms in total. The van der Waals surface area contributed by atoms with Crippen molar-refractivity contribution < 1.29 is 29.0 Å². The largest absolute Gasteiger partial charge is 0.480 e. The molecule has 0 rings (SSSR count). The van der Waals surface area contributed by atoms with E-state index in [1.807, 2.05) is 0 Å². The van der Waals surface area contributed by atoms with Gasteiger partial charge in [0.1, 0.15) is 11.6 Å². The fraction of sp³-hybridized carbons (Fsp3) is 0.786. The lowest BCUT2D eigenvalue weighted by molar-refractivity contribution is -0.139. The number of carboxylic acid groups (broad SMARTS) is 1. The number of rotatable bonds is 7. The lowest BCUT2D eigenvalue weighted by atomic mass is 10.2. The van der Waals surface area contributed by atoms with Crippen LogP contribution in [0.4, 0.5) is 9.59 Å². The minimum absolute atomic E-state index is 0.290. The molecule has 0 saturated heterocycles. The second kappa shape index (κ2) is 8.75. The molecule has 1 unspecified atom stereocenters. The minimum Gasteiger partial charge on any atom is -0.480 e. The van der Waals surface area contributed by atoms with Crippen molar-refractivity contribution in [1.82, 2.24) is 10.6 Å². The highest BCUT2D eigenvalue weighted by Gasteiger charge is 2.24. The summed E-state index contributed by atoms with van der Waals surface area (Å²) in [7, 11) is -1.30. The van der Waals surface area contributed by atoms with Gasteiger partial charge in [0, 0.05) is 8.07 Å². The van der Waals surface area contributed by atoms with Gasteiger partial charge in [-0.15, -0.1) is 0 Å². The van der Waals surface area contributed by atoms with E-state index >= 15 is 0 Å². The Hall–Kier alpha value is -1.77. The highest BCUT2D eigenvalue weighted by molar-refractivity contribution is 6.76. The third-order valence-electron chi connectivity index (χ3n) is 2.52. The van der Waals surface area contributed by atoms with Crippen LogP contribution in [0.15, 0.2) is 0 Å².